The van der Waals surface area contributed by atoms with Gasteiger partial charge in [0.25, 0.3) is 5.56 Å². The SMILES string of the molecule is CCn1ncc(CN2CCc3nc(C)[nH]c(=O)c3C2)c1C. The highest BCUT2D eigenvalue weighted by molar-refractivity contribution is 5.22. The lowest BCUT2D eigenvalue weighted by Crippen LogP contribution is -2.35. The molecule has 0 amide bonds. The molecule has 2 aromatic heterocycles. The van der Waals surface area contributed by atoms with Gasteiger partial charge < -0.3 is 4.98 Å². The molecule has 3 rings (SSSR count). The molecule has 112 valence electrons. The molecule has 0 unspecified atom stereocenters. The highest BCUT2D eigenvalue weighted by Gasteiger charge is 2.21. The van der Waals surface area contributed by atoms with E-state index in [0.29, 0.717) is 12.4 Å². The maximum Gasteiger partial charge on any atom is 0.255 e. The van der Waals surface area contributed by atoms with Gasteiger partial charge in [-0.2, -0.15) is 5.10 Å². The second-order valence-corrected chi connectivity index (χ2v) is 5.61. The molecular weight excluding hydrogens is 266 g/mol. The molecule has 2 aromatic rings. The minimum Gasteiger partial charge on any atom is -0.310 e. The van der Waals surface area contributed by atoms with Gasteiger partial charge in [0, 0.05) is 43.9 Å². The summed E-state index contributed by atoms with van der Waals surface area (Å²) in [6.07, 6.45) is 2.77. The molecule has 0 radical (unpaired) electrons. The number of hydrogen-bond acceptors (Lipinski definition) is 4. The molecule has 0 aromatic carbocycles. The fourth-order valence-corrected chi connectivity index (χ4v) is 2.94. The van der Waals surface area contributed by atoms with Crippen molar-refractivity contribution >= 4 is 0 Å². The summed E-state index contributed by atoms with van der Waals surface area (Å²) in [5, 5.41) is 4.38. The van der Waals surface area contributed by atoms with Crippen molar-refractivity contribution < 1.29 is 0 Å². The first kappa shape index (κ1) is 14.0. The van der Waals surface area contributed by atoms with Crippen molar-refractivity contribution in [3.05, 3.63) is 44.9 Å². The van der Waals surface area contributed by atoms with E-state index in [9.17, 15) is 4.79 Å². The average molecular weight is 287 g/mol. The Morgan fingerprint density at radius 1 is 1.38 bits per heavy atom. The monoisotopic (exact) mass is 287 g/mol. The van der Waals surface area contributed by atoms with Crippen molar-refractivity contribution in [1.29, 1.82) is 0 Å². The van der Waals surface area contributed by atoms with E-state index in [1.165, 1.54) is 11.3 Å². The Kier molecular flexibility index (Phi) is 3.63. The summed E-state index contributed by atoms with van der Waals surface area (Å²) in [7, 11) is 0. The van der Waals surface area contributed by atoms with Crippen LogP contribution in [0.5, 0.6) is 0 Å². The second kappa shape index (κ2) is 5.44. The first-order valence-electron chi connectivity index (χ1n) is 7.40. The Morgan fingerprint density at radius 2 is 2.19 bits per heavy atom. The van der Waals surface area contributed by atoms with Gasteiger partial charge in [0.1, 0.15) is 5.82 Å². The summed E-state index contributed by atoms with van der Waals surface area (Å²) in [5.41, 5.74) is 4.21. The molecular formula is C15H21N5O. The standard InChI is InChI=1S/C15H21N5O/c1-4-20-10(2)12(7-16-20)8-19-6-5-14-13(9-19)15(21)18-11(3)17-14/h7H,4-6,8-9H2,1-3H3,(H,17,18,21). The molecule has 1 N–H and O–H groups in total. The molecule has 0 fully saturated rings. The van der Waals surface area contributed by atoms with Crippen LogP contribution in [-0.2, 0) is 26.1 Å². The van der Waals surface area contributed by atoms with Crippen molar-refractivity contribution in [1.82, 2.24) is 24.6 Å². The van der Waals surface area contributed by atoms with E-state index < -0.39 is 0 Å². The first-order valence-corrected chi connectivity index (χ1v) is 7.40. The molecule has 3 heterocycles. The van der Waals surface area contributed by atoms with Crippen molar-refractivity contribution in [3.63, 3.8) is 0 Å². The van der Waals surface area contributed by atoms with E-state index in [1.807, 2.05) is 17.8 Å². The summed E-state index contributed by atoms with van der Waals surface area (Å²) in [5.74, 6) is 0.701. The van der Waals surface area contributed by atoms with Crippen molar-refractivity contribution in [2.75, 3.05) is 6.54 Å². The van der Waals surface area contributed by atoms with Crippen LogP contribution >= 0.6 is 0 Å². The van der Waals surface area contributed by atoms with Gasteiger partial charge in [0.15, 0.2) is 0 Å². The van der Waals surface area contributed by atoms with Crippen LogP contribution in [0.4, 0.5) is 0 Å². The van der Waals surface area contributed by atoms with Gasteiger partial charge in [0.2, 0.25) is 0 Å². The Balaban J connectivity index is 1.80. The number of aromatic nitrogens is 4. The molecule has 0 spiro atoms. The molecule has 1 aliphatic rings. The normalized spacial score (nSPS) is 15.2. The van der Waals surface area contributed by atoms with Gasteiger partial charge in [-0.3, -0.25) is 14.4 Å². The molecule has 0 aliphatic carbocycles. The Labute approximate surface area is 123 Å². The number of hydrogen-bond donors (Lipinski definition) is 1. The zero-order chi connectivity index (χ0) is 15.0. The molecule has 21 heavy (non-hydrogen) atoms. The first-order chi connectivity index (χ1) is 10.1. The van der Waals surface area contributed by atoms with Gasteiger partial charge in [-0.05, 0) is 20.8 Å². The second-order valence-electron chi connectivity index (χ2n) is 5.61. The topological polar surface area (TPSA) is 66.8 Å². The van der Waals surface area contributed by atoms with Gasteiger partial charge in [0.05, 0.1) is 17.5 Å². The van der Waals surface area contributed by atoms with Gasteiger partial charge in [-0.25, -0.2) is 4.98 Å². The van der Waals surface area contributed by atoms with Crippen LogP contribution in [0, 0.1) is 13.8 Å². The van der Waals surface area contributed by atoms with E-state index in [-0.39, 0.29) is 5.56 Å². The van der Waals surface area contributed by atoms with Crippen molar-refractivity contribution in [2.45, 2.75) is 46.8 Å². The van der Waals surface area contributed by atoms with Crippen LogP contribution in [-0.4, -0.2) is 31.2 Å². The van der Waals surface area contributed by atoms with Gasteiger partial charge >= 0.3 is 0 Å². The van der Waals surface area contributed by atoms with E-state index in [0.717, 1.165) is 37.3 Å². The number of nitrogens with zero attached hydrogens (tertiary/aromatic N) is 4. The Morgan fingerprint density at radius 3 is 2.90 bits per heavy atom. The van der Waals surface area contributed by atoms with Crippen molar-refractivity contribution in [3.8, 4) is 0 Å². The summed E-state index contributed by atoms with van der Waals surface area (Å²) >= 11 is 0. The predicted octanol–water partition coefficient (Wildman–Crippen LogP) is 1.16. The van der Waals surface area contributed by atoms with E-state index in [4.69, 9.17) is 0 Å². The summed E-state index contributed by atoms with van der Waals surface area (Å²) in [6, 6.07) is 0. The summed E-state index contributed by atoms with van der Waals surface area (Å²) in [4.78, 5) is 21.6. The fourth-order valence-electron chi connectivity index (χ4n) is 2.94. The summed E-state index contributed by atoms with van der Waals surface area (Å²) < 4.78 is 2.00. The highest BCUT2D eigenvalue weighted by Crippen LogP contribution is 2.18. The molecule has 0 saturated carbocycles. The third-order valence-electron chi connectivity index (χ3n) is 4.16. The molecule has 6 nitrogen and oxygen atoms in total. The van der Waals surface area contributed by atoms with Gasteiger partial charge in [-0.1, -0.05) is 0 Å². The summed E-state index contributed by atoms with van der Waals surface area (Å²) in [6.45, 7) is 9.33. The fraction of sp³-hybridized carbons (Fsp3) is 0.533. The lowest BCUT2D eigenvalue weighted by molar-refractivity contribution is 0.241. The lowest BCUT2D eigenvalue weighted by atomic mass is 10.1. The van der Waals surface area contributed by atoms with Crippen LogP contribution in [0.1, 0.15) is 35.3 Å². The van der Waals surface area contributed by atoms with E-state index in [1.54, 1.807) is 0 Å². The number of rotatable bonds is 3. The molecule has 6 heteroatoms. The lowest BCUT2D eigenvalue weighted by Gasteiger charge is -2.27. The maximum absolute atomic E-state index is 12.1. The number of nitrogens with one attached hydrogen (secondary N) is 1. The largest absolute Gasteiger partial charge is 0.310 e. The average Bonchev–Trinajstić information content (AvgIpc) is 2.80. The quantitative estimate of drug-likeness (QED) is 0.920. The number of fused-ring (bicyclic) bond motifs is 1. The third-order valence-corrected chi connectivity index (χ3v) is 4.16. The maximum atomic E-state index is 12.1. The smallest absolute Gasteiger partial charge is 0.255 e. The van der Waals surface area contributed by atoms with Crippen LogP contribution in [0.15, 0.2) is 11.0 Å². The zero-order valence-corrected chi connectivity index (χ0v) is 12.8. The van der Waals surface area contributed by atoms with E-state index >= 15 is 0 Å². The molecule has 0 bridgehead atoms. The van der Waals surface area contributed by atoms with Crippen LogP contribution < -0.4 is 5.56 Å². The number of aromatic amines is 1. The number of H-pyrrole nitrogens is 1. The van der Waals surface area contributed by atoms with Gasteiger partial charge in [-0.15, -0.1) is 0 Å². The van der Waals surface area contributed by atoms with Crippen LogP contribution in [0.2, 0.25) is 0 Å². The number of aryl methyl sites for hydroxylation is 2. The molecule has 0 saturated heterocycles. The Hall–Kier alpha value is -1.95. The Bertz CT molecular complexity index is 715. The van der Waals surface area contributed by atoms with Crippen LogP contribution in [0.25, 0.3) is 0 Å². The molecule has 0 atom stereocenters. The third kappa shape index (κ3) is 2.63. The molecule has 1 aliphatic heterocycles. The van der Waals surface area contributed by atoms with E-state index in [2.05, 4.69) is 33.8 Å². The minimum absolute atomic E-state index is 0.00294. The van der Waals surface area contributed by atoms with Crippen molar-refractivity contribution in [2.24, 2.45) is 0 Å². The van der Waals surface area contributed by atoms with Crippen LogP contribution in [0.3, 0.4) is 0 Å². The minimum atomic E-state index is 0.00294. The highest BCUT2D eigenvalue weighted by atomic mass is 16.1. The zero-order valence-electron chi connectivity index (χ0n) is 12.8. The predicted molar refractivity (Wildman–Crippen MR) is 80.1 cm³/mol.